The van der Waals surface area contributed by atoms with E-state index in [1.807, 2.05) is 0 Å². The maximum Gasteiger partial charge on any atom is 0.403 e. The minimum Gasteiger partial charge on any atom is -0.334 e. The molecule has 21 heavy (non-hydrogen) atoms. The molecule has 1 heterocycles. The van der Waals surface area contributed by atoms with Crippen molar-refractivity contribution in [1.82, 2.24) is 10.6 Å². The van der Waals surface area contributed by atoms with Crippen LogP contribution in [0.3, 0.4) is 0 Å². The highest BCUT2D eigenvalue weighted by Crippen LogP contribution is 2.26. The van der Waals surface area contributed by atoms with Gasteiger partial charge in [0.15, 0.2) is 0 Å². The number of urea groups is 1. The molecule has 2 unspecified atom stereocenters. The molecule has 8 heteroatoms. The predicted molar refractivity (Wildman–Crippen MR) is 69.4 cm³/mol. The van der Waals surface area contributed by atoms with Gasteiger partial charge in [-0.2, -0.15) is 13.2 Å². The highest BCUT2D eigenvalue weighted by Gasteiger charge is 2.41. The number of hydrogen-bond donors (Lipinski definition) is 3. The number of halogens is 4. The van der Waals surface area contributed by atoms with Gasteiger partial charge in [0.25, 0.3) is 0 Å². The van der Waals surface area contributed by atoms with E-state index >= 15 is 0 Å². The molecule has 1 fully saturated rings. The van der Waals surface area contributed by atoms with Gasteiger partial charge in [0, 0.05) is 18.3 Å². The van der Waals surface area contributed by atoms with Crippen LogP contribution in [0.5, 0.6) is 0 Å². The maximum atomic E-state index is 12.7. The van der Waals surface area contributed by atoms with Gasteiger partial charge in [0.2, 0.25) is 0 Å². The van der Waals surface area contributed by atoms with Gasteiger partial charge >= 0.3 is 12.2 Å². The summed E-state index contributed by atoms with van der Waals surface area (Å²) in [5.41, 5.74) is 0.408. The number of amides is 2. The van der Waals surface area contributed by atoms with Gasteiger partial charge in [-0.25, -0.2) is 9.18 Å². The number of benzene rings is 1. The molecule has 0 spiro atoms. The van der Waals surface area contributed by atoms with Gasteiger partial charge in [-0.05, 0) is 37.1 Å². The molecule has 1 aliphatic heterocycles. The summed E-state index contributed by atoms with van der Waals surface area (Å²) in [6, 6.07) is 2.78. The summed E-state index contributed by atoms with van der Waals surface area (Å²) in [7, 11) is 0. The minimum absolute atomic E-state index is 0.0566. The summed E-state index contributed by atoms with van der Waals surface area (Å²) in [6.07, 6.45) is -4.10. The lowest BCUT2D eigenvalue weighted by molar-refractivity contribution is -0.160. The van der Waals surface area contributed by atoms with Gasteiger partial charge in [-0.1, -0.05) is 0 Å². The SMILES string of the molecule is O=C(Nc1ccc(F)cc1)NC1CCC(C(F)(F)F)NC1. The molecule has 0 aliphatic carbocycles. The van der Waals surface area contributed by atoms with Crippen molar-refractivity contribution in [3.05, 3.63) is 30.1 Å². The number of piperidine rings is 1. The fraction of sp³-hybridized carbons (Fsp3) is 0.462. The van der Waals surface area contributed by atoms with Crippen LogP contribution in [0.2, 0.25) is 0 Å². The Morgan fingerprint density at radius 3 is 2.38 bits per heavy atom. The van der Waals surface area contributed by atoms with Crippen molar-refractivity contribution in [1.29, 1.82) is 0 Å². The molecule has 1 aromatic carbocycles. The van der Waals surface area contributed by atoms with Crippen molar-refractivity contribution in [2.45, 2.75) is 31.1 Å². The Morgan fingerprint density at radius 1 is 1.19 bits per heavy atom. The van der Waals surface area contributed by atoms with Crippen molar-refractivity contribution in [2.75, 3.05) is 11.9 Å². The third-order valence-corrected chi connectivity index (χ3v) is 3.25. The Balaban J connectivity index is 1.78. The van der Waals surface area contributed by atoms with Crippen LogP contribution in [0.15, 0.2) is 24.3 Å². The average Bonchev–Trinajstić information content (AvgIpc) is 2.41. The molecule has 2 atom stereocenters. The molecule has 0 aromatic heterocycles. The molecule has 0 saturated carbocycles. The number of nitrogens with one attached hydrogen (secondary N) is 3. The molecule has 1 saturated heterocycles. The average molecular weight is 305 g/mol. The first-order chi connectivity index (χ1) is 9.84. The fourth-order valence-corrected chi connectivity index (χ4v) is 2.14. The van der Waals surface area contributed by atoms with Gasteiger partial charge in [-0.15, -0.1) is 0 Å². The van der Waals surface area contributed by atoms with Crippen LogP contribution < -0.4 is 16.0 Å². The summed E-state index contributed by atoms with van der Waals surface area (Å²) < 4.78 is 50.1. The van der Waals surface area contributed by atoms with Crippen LogP contribution in [0.1, 0.15) is 12.8 Å². The molecule has 4 nitrogen and oxygen atoms in total. The van der Waals surface area contributed by atoms with E-state index in [1.54, 1.807) is 0 Å². The van der Waals surface area contributed by atoms with Gasteiger partial charge in [0.1, 0.15) is 11.9 Å². The van der Waals surface area contributed by atoms with E-state index in [0.29, 0.717) is 5.69 Å². The van der Waals surface area contributed by atoms with Crippen molar-refractivity contribution in [3.8, 4) is 0 Å². The topological polar surface area (TPSA) is 53.2 Å². The number of carbonyl (C=O) groups excluding carboxylic acids is 1. The third kappa shape index (κ3) is 4.59. The highest BCUT2D eigenvalue weighted by atomic mass is 19.4. The normalized spacial score (nSPS) is 22.7. The van der Waals surface area contributed by atoms with E-state index in [0.717, 1.165) is 0 Å². The first kappa shape index (κ1) is 15.6. The number of rotatable bonds is 2. The smallest absolute Gasteiger partial charge is 0.334 e. The van der Waals surface area contributed by atoms with Gasteiger partial charge in [0.05, 0.1) is 0 Å². The molecule has 116 valence electrons. The standard InChI is InChI=1S/C13H15F4N3O/c14-8-1-3-9(4-2-8)19-12(21)20-10-5-6-11(18-7-10)13(15,16)17/h1-4,10-11,18H,5-7H2,(H2,19,20,21). The second kappa shape index (κ2) is 6.30. The lowest BCUT2D eigenvalue weighted by Crippen LogP contribution is -2.54. The Kier molecular flexibility index (Phi) is 4.66. The van der Waals surface area contributed by atoms with E-state index in [1.165, 1.54) is 24.3 Å². The van der Waals surface area contributed by atoms with Crippen LogP contribution in [-0.2, 0) is 0 Å². The molecule has 2 amide bonds. The number of alkyl halides is 3. The third-order valence-electron chi connectivity index (χ3n) is 3.25. The monoisotopic (exact) mass is 305 g/mol. The molecule has 0 radical (unpaired) electrons. The zero-order valence-corrected chi connectivity index (χ0v) is 11.0. The Morgan fingerprint density at radius 2 is 1.86 bits per heavy atom. The zero-order valence-electron chi connectivity index (χ0n) is 11.0. The predicted octanol–water partition coefficient (Wildman–Crippen LogP) is 2.63. The number of hydrogen-bond acceptors (Lipinski definition) is 2. The van der Waals surface area contributed by atoms with E-state index in [9.17, 15) is 22.4 Å². The number of carbonyl (C=O) groups is 1. The Hall–Kier alpha value is -1.83. The fourth-order valence-electron chi connectivity index (χ4n) is 2.14. The minimum atomic E-state index is -4.26. The van der Waals surface area contributed by atoms with Crippen LogP contribution in [0.4, 0.5) is 28.0 Å². The number of anilines is 1. The Labute approximate surface area is 118 Å². The first-order valence-electron chi connectivity index (χ1n) is 6.48. The van der Waals surface area contributed by atoms with E-state index < -0.39 is 24.1 Å². The summed E-state index contributed by atoms with van der Waals surface area (Å²) in [5, 5.41) is 7.44. The van der Waals surface area contributed by atoms with Crippen LogP contribution >= 0.6 is 0 Å². The highest BCUT2D eigenvalue weighted by molar-refractivity contribution is 5.89. The molecular formula is C13H15F4N3O. The van der Waals surface area contributed by atoms with Gasteiger partial charge < -0.3 is 16.0 Å². The second-order valence-corrected chi connectivity index (χ2v) is 4.88. The first-order valence-corrected chi connectivity index (χ1v) is 6.48. The van der Waals surface area contributed by atoms with Crippen molar-refractivity contribution < 1.29 is 22.4 Å². The lowest BCUT2D eigenvalue weighted by atomic mass is 10.0. The quantitative estimate of drug-likeness (QED) is 0.736. The van der Waals surface area contributed by atoms with Gasteiger partial charge in [-0.3, -0.25) is 0 Å². The van der Waals surface area contributed by atoms with Crippen LogP contribution in [-0.4, -0.2) is 30.8 Å². The van der Waals surface area contributed by atoms with E-state index in [4.69, 9.17) is 0 Å². The van der Waals surface area contributed by atoms with Crippen molar-refractivity contribution >= 4 is 11.7 Å². The molecule has 1 aromatic rings. The van der Waals surface area contributed by atoms with Crippen LogP contribution in [0, 0.1) is 5.82 Å². The van der Waals surface area contributed by atoms with Crippen LogP contribution in [0.25, 0.3) is 0 Å². The summed E-state index contributed by atoms with van der Waals surface area (Å²) >= 11 is 0. The summed E-state index contributed by atoms with van der Waals surface area (Å²) in [6.45, 7) is 0.0566. The van der Waals surface area contributed by atoms with Crippen molar-refractivity contribution in [3.63, 3.8) is 0 Å². The van der Waals surface area contributed by atoms with E-state index in [2.05, 4.69) is 16.0 Å². The second-order valence-electron chi connectivity index (χ2n) is 4.88. The lowest BCUT2D eigenvalue weighted by Gasteiger charge is -2.31. The van der Waals surface area contributed by atoms with Crippen molar-refractivity contribution in [2.24, 2.45) is 0 Å². The molecular weight excluding hydrogens is 290 g/mol. The molecule has 1 aliphatic rings. The zero-order chi connectivity index (χ0) is 15.5. The summed E-state index contributed by atoms with van der Waals surface area (Å²) in [5.74, 6) is -0.421. The van der Waals surface area contributed by atoms with E-state index in [-0.39, 0.29) is 25.4 Å². The Bertz CT molecular complexity index is 481. The molecule has 3 N–H and O–H groups in total. The maximum absolute atomic E-state index is 12.7. The molecule has 0 bridgehead atoms. The summed E-state index contributed by atoms with van der Waals surface area (Å²) in [4.78, 5) is 11.7. The molecule has 2 rings (SSSR count). The largest absolute Gasteiger partial charge is 0.403 e.